The van der Waals surface area contributed by atoms with Crippen molar-refractivity contribution in [3.05, 3.63) is 63.5 Å². The van der Waals surface area contributed by atoms with Gasteiger partial charge in [0.05, 0.1) is 16.8 Å². The van der Waals surface area contributed by atoms with Gasteiger partial charge in [-0.15, -0.1) is 11.3 Å². The summed E-state index contributed by atoms with van der Waals surface area (Å²) in [6.07, 6.45) is 2.46. The normalized spacial score (nSPS) is 17.6. The van der Waals surface area contributed by atoms with E-state index in [9.17, 15) is 14.4 Å². The van der Waals surface area contributed by atoms with Gasteiger partial charge in [-0.1, -0.05) is 45.0 Å². The summed E-state index contributed by atoms with van der Waals surface area (Å²) in [6.45, 7) is 8.02. The minimum absolute atomic E-state index is 0.00624. The molecule has 2 heterocycles. The quantitative estimate of drug-likeness (QED) is 0.488. The molecule has 0 spiro atoms. The number of carbonyl (C=O) groups is 3. The highest BCUT2D eigenvalue weighted by molar-refractivity contribution is 7.10. The minimum atomic E-state index is -1.19. The van der Waals surface area contributed by atoms with Crippen LogP contribution in [0.3, 0.4) is 0 Å². The van der Waals surface area contributed by atoms with Gasteiger partial charge < -0.3 is 10.5 Å². The summed E-state index contributed by atoms with van der Waals surface area (Å²) in [5, 5.41) is 4.66. The van der Waals surface area contributed by atoms with Gasteiger partial charge in [0, 0.05) is 10.3 Å². The molecule has 3 amide bonds. The molecule has 0 saturated carbocycles. The number of para-hydroxylation sites is 1. The van der Waals surface area contributed by atoms with E-state index in [0.717, 1.165) is 28.1 Å². The van der Waals surface area contributed by atoms with Crippen LogP contribution in [0.1, 0.15) is 60.6 Å². The molecule has 3 aromatic rings. The maximum atomic E-state index is 13.5. The third kappa shape index (κ3) is 5.27. The van der Waals surface area contributed by atoms with Crippen LogP contribution >= 0.6 is 11.3 Å². The van der Waals surface area contributed by atoms with E-state index in [1.54, 1.807) is 11.3 Å². The van der Waals surface area contributed by atoms with Crippen molar-refractivity contribution in [1.82, 2.24) is 10.3 Å². The number of pyridine rings is 1. The highest BCUT2D eigenvalue weighted by atomic mass is 32.1. The fraction of sp³-hybridized carbons (Fsp3) is 0.333. The predicted octanol–water partition coefficient (Wildman–Crippen LogP) is 5.19. The number of ether oxygens (including phenoxy) is 1. The number of fused-ring (bicyclic) bond motifs is 2. The summed E-state index contributed by atoms with van der Waals surface area (Å²) < 4.78 is 5.53. The van der Waals surface area contributed by atoms with Gasteiger partial charge in [-0.05, 0) is 65.8 Å². The number of allylic oxidation sites excluding steroid dienone is 1. The van der Waals surface area contributed by atoms with Crippen molar-refractivity contribution in [3.63, 3.8) is 0 Å². The second-order valence-electron chi connectivity index (χ2n) is 9.89. The Labute approximate surface area is 208 Å². The smallest absolute Gasteiger partial charge is 0.339 e. The van der Waals surface area contributed by atoms with E-state index < -0.39 is 24.0 Å². The first-order valence-corrected chi connectivity index (χ1v) is 12.4. The number of esters is 1. The molecule has 1 aromatic carbocycles. The molecule has 35 heavy (non-hydrogen) atoms. The maximum absolute atomic E-state index is 13.5. The molecule has 1 aliphatic carbocycles. The highest BCUT2D eigenvalue weighted by Gasteiger charge is 2.36. The number of thiophene rings is 1. The molecule has 8 heteroatoms. The van der Waals surface area contributed by atoms with Gasteiger partial charge in [-0.25, -0.2) is 14.6 Å². The van der Waals surface area contributed by atoms with Crippen LogP contribution in [0.4, 0.5) is 4.79 Å². The largest absolute Gasteiger partial charge is 0.449 e. The summed E-state index contributed by atoms with van der Waals surface area (Å²) in [5.74, 6) is -1.13. The summed E-state index contributed by atoms with van der Waals surface area (Å²) in [6, 6.07) is 10.5. The van der Waals surface area contributed by atoms with Gasteiger partial charge >= 0.3 is 12.0 Å². The first-order valence-electron chi connectivity index (χ1n) is 11.5. The fourth-order valence-electron chi connectivity index (χ4n) is 4.41. The van der Waals surface area contributed by atoms with Crippen molar-refractivity contribution in [2.24, 2.45) is 17.1 Å². The van der Waals surface area contributed by atoms with Gasteiger partial charge in [0.2, 0.25) is 0 Å². The SMILES string of the molecule is C[C@H](OC(=O)c1c2c(nc3ccccc13)/C(=C\c1cccs1)C[C@H](C(C)(C)C)C2)C(=O)NC(N)=O. The van der Waals surface area contributed by atoms with Gasteiger partial charge in [0.1, 0.15) is 0 Å². The van der Waals surface area contributed by atoms with Crippen LogP contribution in [-0.2, 0) is 16.0 Å². The topological polar surface area (TPSA) is 111 Å². The van der Waals surface area contributed by atoms with E-state index in [1.165, 1.54) is 6.92 Å². The molecule has 3 N–H and O–H groups in total. The molecule has 0 unspecified atom stereocenters. The van der Waals surface area contributed by atoms with E-state index in [2.05, 4.69) is 32.9 Å². The molecule has 4 rings (SSSR count). The zero-order chi connectivity index (χ0) is 25.3. The maximum Gasteiger partial charge on any atom is 0.339 e. The first kappa shape index (κ1) is 24.6. The fourth-order valence-corrected chi connectivity index (χ4v) is 5.09. The molecular weight excluding hydrogens is 462 g/mol. The Balaban J connectivity index is 1.87. The molecule has 0 fully saturated rings. The average molecular weight is 492 g/mol. The molecule has 0 saturated heterocycles. The van der Waals surface area contributed by atoms with Crippen LogP contribution in [0.25, 0.3) is 22.6 Å². The number of amides is 3. The van der Waals surface area contributed by atoms with Crippen LogP contribution < -0.4 is 11.1 Å². The Kier molecular flexibility index (Phi) is 6.76. The van der Waals surface area contributed by atoms with E-state index in [-0.39, 0.29) is 11.3 Å². The molecule has 7 nitrogen and oxygen atoms in total. The van der Waals surface area contributed by atoms with Crippen LogP contribution in [-0.4, -0.2) is 29.0 Å². The van der Waals surface area contributed by atoms with Crippen molar-refractivity contribution < 1.29 is 19.1 Å². The lowest BCUT2D eigenvalue weighted by molar-refractivity contribution is -0.127. The number of nitrogens with zero attached hydrogens (tertiary/aromatic N) is 1. The molecule has 2 atom stereocenters. The third-order valence-corrected chi connectivity index (χ3v) is 7.22. The zero-order valence-corrected chi connectivity index (χ0v) is 21.1. The molecular formula is C27H29N3O4S. The van der Waals surface area contributed by atoms with E-state index in [1.807, 2.05) is 41.0 Å². The molecule has 2 aromatic heterocycles. The number of nitrogens with one attached hydrogen (secondary N) is 1. The lowest BCUT2D eigenvalue weighted by Crippen LogP contribution is -2.42. The Hall–Kier alpha value is -3.52. The Morgan fingerprint density at radius 2 is 1.91 bits per heavy atom. The van der Waals surface area contributed by atoms with Crippen LogP contribution in [0.2, 0.25) is 0 Å². The second-order valence-corrected chi connectivity index (χ2v) is 10.9. The standard InChI is InChI=1S/C27H29N3O4S/c1-15(24(31)30-26(28)33)34-25(32)22-19-9-5-6-10-21(19)29-23-16(13-18-8-7-11-35-18)12-17(14-20(22)23)27(2,3)4/h5-11,13,15,17H,12,14H2,1-4H3,(H3,28,30,31,33)/b16-13-/t15-,17-/m0/s1. The van der Waals surface area contributed by atoms with Crippen LogP contribution in [0, 0.1) is 11.3 Å². The minimum Gasteiger partial charge on any atom is -0.449 e. The van der Waals surface area contributed by atoms with Crippen molar-refractivity contribution in [2.45, 2.75) is 46.6 Å². The number of nitrogens with two attached hydrogens (primary N) is 1. The zero-order valence-electron chi connectivity index (χ0n) is 20.3. The van der Waals surface area contributed by atoms with Crippen molar-refractivity contribution in [2.75, 3.05) is 0 Å². The summed E-state index contributed by atoms with van der Waals surface area (Å²) in [4.78, 5) is 42.9. The molecule has 0 bridgehead atoms. The third-order valence-electron chi connectivity index (χ3n) is 6.40. The van der Waals surface area contributed by atoms with Crippen LogP contribution in [0.5, 0.6) is 0 Å². The van der Waals surface area contributed by atoms with Crippen molar-refractivity contribution >= 4 is 51.8 Å². The number of primary amides is 1. The van der Waals surface area contributed by atoms with Gasteiger partial charge in [-0.2, -0.15) is 0 Å². The number of hydrogen-bond acceptors (Lipinski definition) is 6. The van der Waals surface area contributed by atoms with Crippen molar-refractivity contribution in [1.29, 1.82) is 0 Å². The number of carbonyl (C=O) groups excluding carboxylic acids is 3. The number of benzene rings is 1. The number of hydrogen-bond donors (Lipinski definition) is 2. The molecule has 0 radical (unpaired) electrons. The number of rotatable bonds is 4. The number of imide groups is 1. The number of urea groups is 1. The van der Waals surface area contributed by atoms with Crippen molar-refractivity contribution in [3.8, 4) is 0 Å². The lowest BCUT2D eigenvalue weighted by Gasteiger charge is -2.36. The summed E-state index contributed by atoms with van der Waals surface area (Å²) in [7, 11) is 0. The Bertz CT molecular complexity index is 1320. The van der Waals surface area contributed by atoms with Gasteiger partial charge in [0.25, 0.3) is 5.91 Å². The molecule has 0 aliphatic heterocycles. The van der Waals surface area contributed by atoms with E-state index in [4.69, 9.17) is 15.5 Å². The lowest BCUT2D eigenvalue weighted by atomic mass is 9.69. The van der Waals surface area contributed by atoms with Gasteiger partial charge in [-0.3, -0.25) is 10.1 Å². The summed E-state index contributed by atoms with van der Waals surface area (Å²) in [5.41, 5.74) is 8.82. The van der Waals surface area contributed by atoms with E-state index in [0.29, 0.717) is 22.9 Å². The van der Waals surface area contributed by atoms with Crippen LogP contribution in [0.15, 0.2) is 41.8 Å². The van der Waals surface area contributed by atoms with Gasteiger partial charge in [0.15, 0.2) is 6.10 Å². The number of aromatic nitrogens is 1. The summed E-state index contributed by atoms with van der Waals surface area (Å²) >= 11 is 1.65. The average Bonchev–Trinajstić information content (AvgIpc) is 3.29. The molecule has 1 aliphatic rings. The predicted molar refractivity (Wildman–Crippen MR) is 138 cm³/mol. The highest BCUT2D eigenvalue weighted by Crippen LogP contribution is 2.45. The first-order chi connectivity index (χ1) is 16.5. The Morgan fingerprint density at radius 1 is 1.17 bits per heavy atom. The van der Waals surface area contributed by atoms with E-state index >= 15 is 0 Å². The molecule has 182 valence electrons. The Morgan fingerprint density at radius 3 is 2.57 bits per heavy atom. The second kappa shape index (κ2) is 9.62. The monoisotopic (exact) mass is 491 g/mol.